The molecular formula is C25H22N5+. The number of pyridine rings is 1. The van der Waals surface area contributed by atoms with Gasteiger partial charge in [-0.15, -0.1) is 5.10 Å². The minimum Gasteiger partial charge on any atom is -0.333 e. The highest BCUT2D eigenvalue weighted by Crippen LogP contribution is 2.26. The third-order valence-corrected chi connectivity index (χ3v) is 5.45. The topological polar surface area (TPSA) is 58.3 Å². The fourth-order valence-corrected chi connectivity index (χ4v) is 3.58. The number of nitrogens with zero attached hydrogens (tertiary/aromatic N) is 4. The van der Waals surface area contributed by atoms with Crippen molar-refractivity contribution >= 4 is 11.0 Å². The van der Waals surface area contributed by atoms with Crippen LogP contribution >= 0.6 is 0 Å². The Morgan fingerprint density at radius 2 is 1.67 bits per heavy atom. The van der Waals surface area contributed by atoms with Crippen molar-refractivity contribution in [3.63, 3.8) is 0 Å². The number of fused-ring (bicyclic) bond motifs is 1. The van der Waals surface area contributed by atoms with Gasteiger partial charge in [-0.05, 0) is 48.2 Å². The quantitative estimate of drug-likeness (QED) is 0.453. The van der Waals surface area contributed by atoms with Crippen LogP contribution in [-0.2, 0) is 6.54 Å². The van der Waals surface area contributed by atoms with Gasteiger partial charge >= 0.3 is 0 Å². The Kier molecular flexibility index (Phi) is 4.56. The zero-order valence-electron chi connectivity index (χ0n) is 17.0. The van der Waals surface area contributed by atoms with E-state index in [1.807, 2.05) is 24.4 Å². The lowest BCUT2D eigenvalue weighted by Gasteiger charge is -2.06. The largest absolute Gasteiger partial charge is 0.333 e. The molecule has 0 saturated heterocycles. The Bertz CT molecular complexity index is 1320. The summed E-state index contributed by atoms with van der Waals surface area (Å²) in [5.74, 6) is 0.869. The maximum atomic E-state index is 4.76. The third kappa shape index (κ3) is 3.57. The van der Waals surface area contributed by atoms with E-state index in [4.69, 9.17) is 4.98 Å². The summed E-state index contributed by atoms with van der Waals surface area (Å²) in [6.45, 7) is 4.96. The minimum absolute atomic E-state index is 0.669. The summed E-state index contributed by atoms with van der Waals surface area (Å²) in [6, 6.07) is 21.0. The average Bonchev–Trinajstić information content (AvgIpc) is 3.20. The van der Waals surface area contributed by atoms with Crippen molar-refractivity contribution in [2.75, 3.05) is 0 Å². The van der Waals surface area contributed by atoms with Crippen LogP contribution in [0.25, 0.3) is 33.5 Å². The lowest BCUT2D eigenvalue weighted by atomic mass is 9.99. The van der Waals surface area contributed by atoms with Crippen molar-refractivity contribution in [3.05, 3.63) is 96.1 Å². The zero-order chi connectivity index (χ0) is 20.5. The number of H-pyrrole nitrogens is 1. The SMILES string of the molecule is Cc1ccc(-c2ccc(-c3nc4cc[n+](Cc5cccnn5)cc4[nH]3)cc2)cc1C. The van der Waals surface area contributed by atoms with Crippen LogP contribution < -0.4 is 4.57 Å². The number of aromatic amines is 1. The average molecular weight is 392 g/mol. The number of nitrogens with one attached hydrogen (secondary N) is 1. The third-order valence-electron chi connectivity index (χ3n) is 5.45. The van der Waals surface area contributed by atoms with Crippen LogP contribution in [0.15, 0.2) is 79.3 Å². The number of aryl methyl sites for hydroxylation is 2. The van der Waals surface area contributed by atoms with Gasteiger partial charge in [0.15, 0.2) is 18.9 Å². The van der Waals surface area contributed by atoms with Gasteiger partial charge in [-0.2, -0.15) is 9.67 Å². The molecule has 5 nitrogen and oxygen atoms in total. The first-order chi connectivity index (χ1) is 14.7. The van der Waals surface area contributed by atoms with Crippen LogP contribution in [0.5, 0.6) is 0 Å². The smallest absolute Gasteiger partial charge is 0.195 e. The van der Waals surface area contributed by atoms with Crippen molar-refractivity contribution in [3.8, 4) is 22.5 Å². The van der Waals surface area contributed by atoms with Gasteiger partial charge in [0.1, 0.15) is 22.6 Å². The first kappa shape index (κ1) is 18.2. The molecule has 0 fully saturated rings. The van der Waals surface area contributed by atoms with Gasteiger partial charge in [-0.1, -0.05) is 42.5 Å². The van der Waals surface area contributed by atoms with Crippen LogP contribution in [0.3, 0.4) is 0 Å². The molecule has 0 aliphatic heterocycles. The van der Waals surface area contributed by atoms with Gasteiger partial charge in [-0.3, -0.25) is 0 Å². The number of hydrogen-bond acceptors (Lipinski definition) is 3. The first-order valence-electron chi connectivity index (χ1n) is 9.99. The fourth-order valence-electron chi connectivity index (χ4n) is 3.58. The molecule has 0 bridgehead atoms. The van der Waals surface area contributed by atoms with Crippen LogP contribution in [-0.4, -0.2) is 20.2 Å². The molecule has 0 radical (unpaired) electrons. The van der Waals surface area contributed by atoms with Crippen LogP contribution in [0.2, 0.25) is 0 Å². The summed E-state index contributed by atoms with van der Waals surface area (Å²) in [6.07, 6.45) is 5.76. The van der Waals surface area contributed by atoms with Crippen LogP contribution in [0.1, 0.15) is 16.8 Å². The van der Waals surface area contributed by atoms with E-state index in [0.717, 1.165) is 28.1 Å². The molecule has 0 atom stereocenters. The molecule has 5 heteroatoms. The minimum atomic E-state index is 0.669. The molecule has 3 aromatic heterocycles. The van der Waals surface area contributed by atoms with Crippen molar-refractivity contribution in [1.82, 2.24) is 20.2 Å². The van der Waals surface area contributed by atoms with E-state index < -0.39 is 0 Å². The predicted molar refractivity (Wildman–Crippen MR) is 118 cm³/mol. The Hall–Kier alpha value is -3.86. The number of imidazole rings is 1. The number of hydrogen-bond donors (Lipinski definition) is 1. The lowest BCUT2D eigenvalue weighted by molar-refractivity contribution is -0.687. The Morgan fingerprint density at radius 1 is 0.867 bits per heavy atom. The molecule has 0 spiro atoms. The van der Waals surface area contributed by atoms with Gasteiger partial charge in [-0.25, -0.2) is 4.98 Å². The molecular weight excluding hydrogens is 370 g/mol. The molecule has 1 N–H and O–H groups in total. The maximum Gasteiger partial charge on any atom is 0.195 e. The van der Waals surface area contributed by atoms with Crippen molar-refractivity contribution in [2.24, 2.45) is 0 Å². The highest BCUT2D eigenvalue weighted by Gasteiger charge is 2.11. The standard InChI is InChI=1S/C25H21N5/c1-17-5-6-21(14-18(17)2)19-7-9-20(10-8-19)25-27-23-11-13-30(16-24(23)28-25)15-22-4-3-12-26-29-22/h3-14,16H,15H2,1-2H3/p+1. The van der Waals surface area contributed by atoms with Gasteiger partial charge in [0.05, 0.1) is 0 Å². The van der Waals surface area contributed by atoms with Crippen molar-refractivity contribution < 1.29 is 4.57 Å². The molecule has 5 aromatic rings. The van der Waals surface area contributed by atoms with E-state index in [1.54, 1.807) is 6.20 Å². The summed E-state index contributed by atoms with van der Waals surface area (Å²) in [4.78, 5) is 8.21. The van der Waals surface area contributed by atoms with Gasteiger partial charge < -0.3 is 4.98 Å². The maximum absolute atomic E-state index is 4.76. The van der Waals surface area contributed by atoms with Crippen LogP contribution in [0, 0.1) is 13.8 Å². The monoisotopic (exact) mass is 392 g/mol. The van der Waals surface area contributed by atoms with Gasteiger partial charge in [0.25, 0.3) is 0 Å². The summed E-state index contributed by atoms with van der Waals surface area (Å²) >= 11 is 0. The van der Waals surface area contributed by atoms with Crippen molar-refractivity contribution in [1.29, 1.82) is 0 Å². The van der Waals surface area contributed by atoms with E-state index in [-0.39, 0.29) is 0 Å². The second kappa shape index (κ2) is 7.52. The summed E-state index contributed by atoms with van der Waals surface area (Å²) in [7, 11) is 0. The molecule has 0 aliphatic rings. The second-order valence-electron chi connectivity index (χ2n) is 7.59. The van der Waals surface area contributed by atoms with Gasteiger partial charge in [0, 0.05) is 17.8 Å². The molecule has 0 aliphatic carbocycles. The Labute approximate surface area is 175 Å². The normalized spacial score (nSPS) is 11.1. The molecule has 0 saturated carbocycles. The van der Waals surface area contributed by atoms with E-state index in [0.29, 0.717) is 6.54 Å². The molecule has 0 unspecified atom stereocenters. The molecule has 2 aromatic carbocycles. The van der Waals surface area contributed by atoms with Gasteiger partial charge in [0.2, 0.25) is 0 Å². The van der Waals surface area contributed by atoms with E-state index in [2.05, 4.69) is 82.3 Å². The lowest BCUT2D eigenvalue weighted by Crippen LogP contribution is -2.33. The first-order valence-corrected chi connectivity index (χ1v) is 9.99. The summed E-state index contributed by atoms with van der Waals surface area (Å²) in [5, 5.41) is 8.09. The molecule has 30 heavy (non-hydrogen) atoms. The Balaban J connectivity index is 1.42. The summed E-state index contributed by atoms with van der Waals surface area (Å²) < 4.78 is 2.08. The zero-order valence-corrected chi connectivity index (χ0v) is 17.0. The van der Waals surface area contributed by atoms with Crippen LogP contribution in [0.4, 0.5) is 0 Å². The molecule has 0 amide bonds. The molecule has 146 valence electrons. The number of aromatic nitrogens is 5. The van der Waals surface area contributed by atoms with E-state index >= 15 is 0 Å². The molecule has 3 heterocycles. The second-order valence-corrected chi connectivity index (χ2v) is 7.59. The predicted octanol–water partition coefficient (Wildman–Crippen LogP) is 4.64. The number of benzene rings is 2. The fraction of sp³-hybridized carbons (Fsp3) is 0.120. The van der Waals surface area contributed by atoms with Crippen molar-refractivity contribution in [2.45, 2.75) is 20.4 Å². The molecule has 5 rings (SSSR count). The summed E-state index contributed by atoms with van der Waals surface area (Å²) in [5.41, 5.74) is 8.99. The van der Waals surface area contributed by atoms with E-state index in [1.165, 1.54) is 22.3 Å². The Morgan fingerprint density at radius 3 is 2.43 bits per heavy atom. The highest BCUT2D eigenvalue weighted by molar-refractivity contribution is 5.78. The highest BCUT2D eigenvalue weighted by atomic mass is 15.1. The van der Waals surface area contributed by atoms with E-state index in [9.17, 15) is 0 Å². The number of rotatable bonds is 4.